The number of carbonyl (C=O) groups excluding carboxylic acids is 3. The highest BCUT2D eigenvalue weighted by molar-refractivity contribution is 8.18. The maximum Gasteiger partial charge on any atom is 0.326 e. The minimum absolute atomic E-state index is 0.0144. The van der Waals surface area contributed by atoms with Crippen LogP contribution < -0.4 is 5.32 Å². The number of amides is 1. The molecule has 6 nitrogen and oxygen atoms in total. The van der Waals surface area contributed by atoms with E-state index >= 15 is 0 Å². The molecule has 0 fully saturated rings. The lowest BCUT2D eigenvalue weighted by atomic mass is 10.1. The molecule has 0 aliphatic rings. The number of carbonyl (C=O) groups is 4. The topological polar surface area (TPSA) is 101 Å². The fraction of sp³-hybridized carbons (Fsp3) is 0.154. The molecule has 0 aliphatic heterocycles. The monoisotopic (exact) mass is 493 g/mol. The summed E-state index contributed by atoms with van der Waals surface area (Å²) in [7, 11) is 0. The van der Waals surface area contributed by atoms with E-state index in [9.17, 15) is 24.3 Å². The first kappa shape index (κ1) is 25.3. The Morgan fingerprint density at radius 3 is 1.76 bits per heavy atom. The Hall–Kier alpha value is -3.36. The van der Waals surface area contributed by atoms with Gasteiger partial charge in [0, 0.05) is 23.3 Å². The van der Waals surface area contributed by atoms with Crippen LogP contribution in [0.1, 0.15) is 26.3 Å². The largest absolute Gasteiger partial charge is 0.480 e. The Morgan fingerprint density at radius 2 is 1.24 bits per heavy atom. The van der Waals surface area contributed by atoms with Crippen molar-refractivity contribution in [3.8, 4) is 0 Å². The molecule has 0 spiro atoms. The number of benzene rings is 3. The molecular weight excluding hydrogens is 470 g/mol. The number of aliphatic carboxylic acids is 1. The first-order valence-corrected chi connectivity index (χ1v) is 12.4. The molecule has 2 N–H and O–H groups in total. The third kappa shape index (κ3) is 7.60. The lowest BCUT2D eigenvalue weighted by molar-refractivity contribution is -0.141. The number of nitrogens with one attached hydrogen (secondary N) is 1. The summed E-state index contributed by atoms with van der Waals surface area (Å²) in [4.78, 5) is 50.2. The Balaban J connectivity index is 1.73. The second-order valence-corrected chi connectivity index (χ2v) is 9.48. The van der Waals surface area contributed by atoms with Gasteiger partial charge in [-0.1, -0.05) is 115 Å². The highest BCUT2D eigenvalue weighted by atomic mass is 32.2. The predicted octanol–water partition coefficient (Wildman–Crippen LogP) is 4.31. The number of carboxylic acid groups (broad SMARTS) is 1. The van der Waals surface area contributed by atoms with Crippen molar-refractivity contribution in [1.82, 2.24) is 5.32 Å². The van der Waals surface area contributed by atoms with Gasteiger partial charge in [-0.3, -0.25) is 14.4 Å². The molecular formula is C26H23NO5S2. The summed E-state index contributed by atoms with van der Waals surface area (Å²) >= 11 is 1.71. The molecule has 0 aliphatic carbocycles. The van der Waals surface area contributed by atoms with Gasteiger partial charge >= 0.3 is 5.97 Å². The average molecular weight is 494 g/mol. The quantitative estimate of drug-likeness (QED) is 0.434. The minimum Gasteiger partial charge on any atom is -0.480 e. The van der Waals surface area contributed by atoms with Crippen LogP contribution in [-0.4, -0.2) is 44.3 Å². The van der Waals surface area contributed by atoms with E-state index in [4.69, 9.17) is 0 Å². The molecule has 2 unspecified atom stereocenters. The van der Waals surface area contributed by atoms with E-state index < -0.39 is 23.2 Å². The third-order valence-corrected chi connectivity index (χ3v) is 7.15. The van der Waals surface area contributed by atoms with Crippen molar-refractivity contribution in [2.24, 2.45) is 0 Å². The summed E-state index contributed by atoms with van der Waals surface area (Å²) in [6.07, 6.45) is 0.0992. The van der Waals surface area contributed by atoms with Crippen molar-refractivity contribution in [3.05, 3.63) is 108 Å². The van der Waals surface area contributed by atoms with E-state index in [-0.39, 0.29) is 22.4 Å². The molecule has 2 atom stereocenters. The molecule has 1 amide bonds. The summed E-state index contributed by atoms with van der Waals surface area (Å²) in [5.74, 6) is -1.77. The van der Waals surface area contributed by atoms with Crippen molar-refractivity contribution in [2.75, 3.05) is 5.75 Å². The van der Waals surface area contributed by atoms with Crippen LogP contribution in [0, 0.1) is 0 Å². The van der Waals surface area contributed by atoms with Crippen molar-refractivity contribution < 1.29 is 24.3 Å². The van der Waals surface area contributed by atoms with Gasteiger partial charge in [-0.2, -0.15) is 0 Å². The molecule has 3 aromatic carbocycles. The second kappa shape index (κ2) is 12.8. The van der Waals surface area contributed by atoms with Gasteiger partial charge in [-0.25, -0.2) is 4.79 Å². The molecule has 3 aromatic rings. The van der Waals surface area contributed by atoms with Gasteiger partial charge in [0.15, 0.2) is 0 Å². The number of carboxylic acids is 1. The lowest BCUT2D eigenvalue weighted by Crippen LogP contribution is -2.46. The van der Waals surface area contributed by atoms with Crippen LogP contribution >= 0.6 is 23.5 Å². The average Bonchev–Trinajstić information content (AvgIpc) is 2.87. The van der Waals surface area contributed by atoms with Crippen molar-refractivity contribution in [2.45, 2.75) is 17.7 Å². The van der Waals surface area contributed by atoms with Crippen molar-refractivity contribution >= 4 is 45.6 Å². The summed E-state index contributed by atoms with van der Waals surface area (Å²) in [5.41, 5.74) is 1.66. The first-order chi connectivity index (χ1) is 16.4. The van der Waals surface area contributed by atoms with Gasteiger partial charge in [0.1, 0.15) is 11.3 Å². The standard InChI is InChI=1S/C26H23NO5S2/c28-23(27-21(24(29)30)16-18-10-4-1-5-11-18)22(34-26(32)20-14-8-3-9-15-20)17-33-25(31)19-12-6-2-7-13-19/h1-15,21-22H,16-17H2,(H,27,28)(H,29,30). The van der Waals surface area contributed by atoms with Crippen LogP contribution in [0.25, 0.3) is 0 Å². The molecule has 174 valence electrons. The molecule has 34 heavy (non-hydrogen) atoms. The fourth-order valence-electron chi connectivity index (χ4n) is 3.06. The van der Waals surface area contributed by atoms with E-state index in [1.54, 1.807) is 84.9 Å². The molecule has 0 saturated carbocycles. The molecule has 0 heterocycles. The normalized spacial score (nSPS) is 12.4. The zero-order valence-electron chi connectivity index (χ0n) is 18.1. The first-order valence-electron chi connectivity index (χ1n) is 10.5. The SMILES string of the molecule is O=C(SCC(SC(=O)c1ccccc1)C(=O)NC(Cc1ccccc1)C(=O)O)c1ccccc1. The van der Waals surface area contributed by atoms with E-state index in [0.717, 1.165) is 29.1 Å². The van der Waals surface area contributed by atoms with Gasteiger partial charge in [0.2, 0.25) is 16.1 Å². The van der Waals surface area contributed by atoms with Crippen LogP contribution in [0.2, 0.25) is 0 Å². The second-order valence-electron chi connectivity index (χ2n) is 7.31. The third-order valence-electron chi connectivity index (χ3n) is 4.82. The number of thioether (sulfide) groups is 2. The fourth-order valence-corrected chi connectivity index (χ4v) is 5.00. The molecule has 0 bridgehead atoms. The summed E-state index contributed by atoms with van der Waals surface area (Å²) in [6, 6.07) is 24.9. The highest BCUT2D eigenvalue weighted by Gasteiger charge is 2.29. The molecule has 3 rings (SSSR count). The van der Waals surface area contributed by atoms with Crippen LogP contribution in [0.4, 0.5) is 0 Å². The minimum atomic E-state index is -1.18. The molecule has 0 saturated heterocycles. The number of hydrogen-bond donors (Lipinski definition) is 2. The maximum atomic E-state index is 13.1. The van der Waals surface area contributed by atoms with Crippen LogP contribution in [0.3, 0.4) is 0 Å². The predicted molar refractivity (Wildman–Crippen MR) is 135 cm³/mol. The summed E-state index contributed by atoms with van der Waals surface area (Å²) in [5, 5.41) is 10.7. The van der Waals surface area contributed by atoms with Gasteiger partial charge in [-0.15, -0.1) is 0 Å². The summed E-state index contributed by atoms with van der Waals surface area (Å²) in [6.45, 7) is 0. The Kier molecular flexibility index (Phi) is 9.49. The molecule has 0 radical (unpaired) electrons. The smallest absolute Gasteiger partial charge is 0.326 e. The molecule has 0 aromatic heterocycles. The van der Waals surface area contributed by atoms with Crippen LogP contribution in [0.15, 0.2) is 91.0 Å². The van der Waals surface area contributed by atoms with Crippen molar-refractivity contribution in [1.29, 1.82) is 0 Å². The zero-order chi connectivity index (χ0) is 24.3. The van der Waals surface area contributed by atoms with Gasteiger partial charge < -0.3 is 10.4 Å². The van der Waals surface area contributed by atoms with E-state index in [0.29, 0.717) is 11.1 Å². The van der Waals surface area contributed by atoms with Gasteiger partial charge in [0.25, 0.3) is 0 Å². The zero-order valence-corrected chi connectivity index (χ0v) is 19.8. The van der Waals surface area contributed by atoms with E-state index in [1.807, 2.05) is 6.07 Å². The summed E-state index contributed by atoms with van der Waals surface area (Å²) < 4.78 is 0. The maximum absolute atomic E-state index is 13.1. The number of hydrogen-bond acceptors (Lipinski definition) is 6. The highest BCUT2D eigenvalue weighted by Crippen LogP contribution is 2.24. The Morgan fingerprint density at radius 1 is 0.735 bits per heavy atom. The van der Waals surface area contributed by atoms with Gasteiger partial charge in [-0.05, 0) is 5.56 Å². The Bertz CT molecular complexity index is 1120. The van der Waals surface area contributed by atoms with Gasteiger partial charge in [0.05, 0.1) is 0 Å². The lowest BCUT2D eigenvalue weighted by Gasteiger charge is -2.19. The number of rotatable bonds is 10. The van der Waals surface area contributed by atoms with E-state index in [1.165, 1.54) is 0 Å². The Labute approximate surface area is 206 Å². The van der Waals surface area contributed by atoms with Crippen LogP contribution in [-0.2, 0) is 16.0 Å². The molecule has 8 heteroatoms. The van der Waals surface area contributed by atoms with E-state index in [2.05, 4.69) is 5.32 Å². The van der Waals surface area contributed by atoms with Crippen molar-refractivity contribution in [3.63, 3.8) is 0 Å². The van der Waals surface area contributed by atoms with Crippen LogP contribution in [0.5, 0.6) is 0 Å².